The third kappa shape index (κ3) is 2.73. The van der Waals surface area contributed by atoms with E-state index in [-0.39, 0.29) is 5.91 Å². The summed E-state index contributed by atoms with van der Waals surface area (Å²) in [6.45, 7) is 0. The molecule has 3 aromatic carbocycles. The number of rotatable bonds is 2. The second kappa shape index (κ2) is 6.06. The van der Waals surface area contributed by atoms with Crippen molar-refractivity contribution in [1.82, 2.24) is 4.98 Å². The van der Waals surface area contributed by atoms with Crippen molar-refractivity contribution in [2.45, 2.75) is 0 Å². The minimum absolute atomic E-state index is 0.327. The average molecular weight is 373 g/mol. The molecule has 0 aliphatic rings. The summed E-state index contributed by atoms with van der Waals surface area (Å²) in [6, 6.07) is 16.9. The first kappa shape index (κ1) is 15.4. The summed E-state index contributed by atoms with van der Waals surface area (Å²) in [5.74, 6) is -0.328. The molecule has 118 valence electrons. The van der Waals surface area contributed by atoms with Gasteiger partial charge in [0, 0.05) is 10.4 Å². The number of halogens is 2. The van der Waals surface area contributed by atoms with E-state index in [4.69, 9.17) is 23.2 Å². The van der Waals surface area contributed by atoms with E-state index in [0.717, 1.165) is 21.0 Å². The fourth-order valence-corrected chi connectivity index (χ4v) is 3.80. The molecule has 24 heavy (non-hydrogen) atoms. The average Bonchev–Trinajstić information content (AvgIpc) is 3.00. The molecular weight excluding hydrogens is 363 g/mol. The summed E-state index contributed by atoms with van der Waals surface area (Å²) in [5, 5.41) is 6.32. The summed E-state index contributed by atoms with van der Waals surface area (Å²) in [6.07, 6.45) is 0. The van der Waals surface area contributed by atoms with Crippen LogP contribution in [-0.2, 0) is 0 Å². The van der Waals surface area contributed by atoms with Gasteiger partial charge in [-0.15, -0.1) is 0 Å². The Kier molecular flexibility index (Phi) is 3.88. The van der Waals surface area contributed by atoms with Gasteiger partial charge in [0.05, 0.1) is 20.8 Å². The molecule has 0 atom stereocenters. The summed E-state index contributed by atoms with van der Waals surface area (Å²) in [5.41, 5.74) is 1.21. The molecule has 6 heteroatoms. The van der Waals surface area contributed by atoms with Gasteiger partial charge < -0.3 is 0 Å². The van der Waals surface area contributed by atoms with Crippen molar-refractivity contribution in [1.29, 1.82) is 0 Å². The first-order valence-corrected chi connectivity index (χ1v) is 8.74. The van der Waals surface area contributed by atoms with Crippen LogP contribution in [0, 0.1) is 0 Å². The Morgan fingerprint density at radius 2 is 1.88 bits per heavy atom. The number of thiazole rings is 1. The van der Waals surface area contributed by atoms with Crippen LogP contribution in [0.3, 0.4) is 0 Å². The van der Waals surface area contributed by atoms with Gasteiger partial charge in [0.2, 0.25) is 0 Å². The zero-order chi connectivity index (χ0) is 16.7. The van der Waals surface area contributed by atoms with Crippen molar-refractivity contribution >= 4 is 66.6 Å². The first-order chi connectivity index (χ1) is 11.6. The highest BCUT2D eigenvalue weighted by Gasteiger charge is 2.14. The van der Waals surface area contributed by atoms with Crippen LogP contribution in [0.5, 0.6) is 0 Å². The lowest BCUT2D eigenvalue weighted by atomic mass is 10.1. The van der Waals surface area contributed by atoms with Gasteiger partial charge in [-0.3, -0.25) is 10.1 Å². The van der Waals surface area contributed by atoms with E-state index >= 15 is 0 Å². The summed E-state index contributed by atoms with van der Waals surface area (Å²) in [7, 11) is 0. The topological polar surface area (TPSA) is 42.0 Å². The van der Waals surface area contributed by atoms with Crippen molar-refractivity contribution in [2.75, 3.05) is 5.32 Å². The molecule has 0 saturated heterocycles. The van der Waals surface area contributed by atoms with Gasteiger partial charge >= 0.3 is 0 Å². The number of carbonyl (C=O) groups excluding carboxylic acids is 1. The summed E-state index contributed by atoms with van der Waals surface area (Å²) < 4.78 is 1.01. The quantitative estimate of drug-likeness (QED) is 0.468. The van der Waals surface area contributed by atoms with Crippen molar-refractivity contribution in [2.24, 2.45) is 0 Å². The predicted octanol–water partition coefficient (Wildman–Crippen LogP) is 6.01. The fraction of sp³-hybridized carbons (Fsp3) is 0. The van der Waals surface area contributed by atoms with E-state index in [0.29, 0.717) is 20.7 Å². The monoisotopic (exact) mass is 372 g/mol. The molecular formula is C18H10Cl2N2OS. The number of anilines is 1. The Bertz CT molecular complexity index is 1090. The summed E-state index contributed by atoms with van der Waals surface area (Å²) >= 11 is 13.4. The van der Waals surface area contributed by atoms with Gasteiger partial charge in [0.25, 0.3) is 5.91 Å². The van der Waals surface area contributed by atoms with Crippen LogP contribution in [-0.4, -0.2) is 10.9 Å². The first-order valence-electron chi connectivity index (χ1n) is 7.16. The Labute approximate surface area is 151 Å². The zero-order valence-electron chi connectivity index (χ0n) is 12.2. The highest BCUT2D eigenvalue weighted by atomic mass is 35.5. The molecule has 3 nitrogen and oxygen atoms in total. The van der Waals surface area contributed by atoms with Gasteiger partial charge in [-0.25, -0.2) is 4.98 Å². The number of hydrogen-bond donors (Lipinski definition) is 1. The van der Waals surface area contributed by atoms with E-state index < -0.39 is 0 Å². The number of amides is 1. The second-order valence-corrected chi connectivity index (χ2v) is 7.11. The largest absolute Gasteiger partial charge is 0.298 e. The van der Waals surface area contributed by atoms with Crippen molar-refractivity contribution in [3.8, 4) is 0 Å². The molecule has 0 aliphatic heterocycles. The second-order valence-electron chi connectivity index (χ2n) is 5.23. The van der Waals surface area contributed by atoms with Gasteiger partial charge in [-0.2, -0.15) is 0 Å². The van der Waals surface area contributed by atoms with E-state index in [1.54, 1.807) is 18.2 Å². The number of carbonyl (C=O) groups is 1. The predicted molar refractivity (Wildman–Crippen MR) is 102 cm³/mol. The van der Waals surface area contributed by atoms with Gasteiger partial charge in [-0.1, -0.05) is 64.9 Å². The number of nitrogens with one attached hydrogen (secondary N) is 1. The molecule has 0 bridgehead atoms. The van der Waals surface area contributed by atoms with E-state index in [1.165, 1.54) is 11.3 Å². The molecule has 4 rings (SSSR count). The molecule has 0 fully saturated rings. The molecule has 0 aliphatic carbocycles. The van der Waals surface area contributed by atoms with Gasteiger partial charge in [0.15, 0.2) is 5.13 Å². The van der Waals surface area contributed by atoms with Gasteiger partial charge in [0.1, 0.15) is 0 Å². The van der Waals surface area contributed by atoms with Crippen LogP contribution < -0.4 is 5.32 Å². The van der Waals surface area contributed by atoms with E-state index in [9.17, 15) is 4.79 Å². The smallest absolute Gasteiger partial charge is 0.259 e. The van der Waals surface area contributed by atoms with Crippen LogP contribution in [0.4, 0.5) is 5.13 Å². The van der Waals surface area contributed by atoms with Crippen LogP contribution >= 0.6 is 34.5 Å². The number of hydrogen-bond acceptors (Lipinski definition) is 3. The van der Waals surface area contributed by atoms with Crippen molar-refractivity contribution in [3.05, 3.63) is 70.2 Å². The Hall–Kier alpha value is -2.14. The van der Waals surface area contributed by atoms with Gasteiger partial charge in [-0.05, 0) is 29.7 Å². The molecule has 1 amide bonds. The molecule has 0 radical (unpaired) electrons. The number of aromatic nitrogens is 1. The Balaban J connectivity index is 1.73. The molecule has 4 aromatic rings. The van der Waals surface area contributed by atoms with Crippen LogP contribution in [0.25, 0.3) is 21.0 Å². The minimum Gasteiger partial charge on any atom is -0.298 e. The molecule has 0 saturated carbocycles. The Morgan fingerprint density at radius 1 is 1.04 bits per heavy atom. The molecule has 1 heterocycles. The highest BCUT2D eigenvalue weighted by molar-refractivity contribution is 7.22. The van der Waals surface area contributed by atoms with Crippen molar-refractivity contribution < 1.29 is 4.79 Å². The lowest BCUT2D eigenvalue weighted by molar-refractivity contribution is 0.102. The minimum atomic E-state index is -0.328. The number of nitrogens with zero attached hydrogens (tertiary/aromatic N) is 1. The standard InChI is InChI=1S/C18H10Cl2N2OS/c19-11-6-7-14(20)13(9-11)17(23)22-18-21-16-12-4-2-1-3-10(12)5-8-15(16)24-18/h1-9H,(H,21,22,23). The molecule has 0 unspecified atom stereocenters. The van der Waals surface area contributed by atoms with Crippen LogP contribution in [0.1, 0.15) is 10.4 Å². The maximum atomic E-state index is 12.4. The van der Waals surface area contributed by atoms with Crippen molar-refractivity contribution in [3.63, 3.8) is 0 Å². The fourth-order valence-electron chi connectivity index (χ4n) is 2.55. The molecule has 0 spiro atoms. The summed E-state index contributed by atoms with van der Waals surface area (Å²) in [4.78, 5) is 17.0. The third-order valence-electron chi connectivity index (χ3n) is 3.68. The number of benzene rings is 3. The SMILES string of the molecule is O=C(Nc1nc2c(ccc3ccccc32)s1)c1cc(Cl)ccc1Cl. The van der Waals surface area contributed by atoms with Crippen LogP contribution in [0.2, 0.25) is 10.0 Å². The lowest BCUT2D eigenvalue weighted by Crippen LogP contribution is -2.12. The molecule has 1 N–H and O–H groups in total. The third-order valence-corrected chi connectivity index (χ3v) is 5.18. The highest BCUT2D eigenvalue weighted by Crippen LogP contribution is 2.32. The van der Waals surface area contributed by atoms with E-state index in [2.05, 4.69) is 16.4 Å². The zero-order valence-corrected chi connectivity index (χ0v) is 14.5. The molecule has 1 aromatic heterocycles. The maximum absolute atomic E-state index is 12.4. The van der Waals surface area contributed by atoms with E-state index in [1.807, 2.05) is 30.3 Å². The lowest BCUT2D eigenvalue weighted by Gasteiger charge is -2.04. The van der Waals surface area contributed by atoms with Crippen LogP contribution in [0.15, 0.2) is 54.6 Å². The Morgan fingerprint density at radius 3 is 2.75 bits per heavy atom. The number of fused-ring (bicyclic) bond motifs is 3. The maximum Gasteiger partial charge on any atom is 0.259 e. The normalized spacial score (nSPS) is 11.1.